The van der Waals surface area contributed by atoms with Gasteiger partial charge in [0.25, 0.3) is 0 Å². The van der Waals surface area contributed by atoms with E-state index in [0.717, 1.165) is 13.0 Å². The summed E-state index contributed by atoms with van der Waals surface area (Å²) in [7, 11) is 0. The topological polar surface area (TPSA) is 24.9 Å². The zero-order chi connectivity index (χ0) is 13.8. The Hall–Kier alpha value is -1.67. The van der Waals surface area contributed by atoms with Crippen molar-refractivity contribution in [1.29, 1.82) is 0 Å². The number of pyridine rings is 1. The first-order chi connectivity index (χ1) is 9.83. The first-order valence-electron chi connectivity index (χ1n) is 7.57. The quantitative estimate of drug-likeness (QED) is 0.896. The van der Waals surface area contributed by atoms with Crippen LogP contribution < -0.4 is 5.32 Å². The van der Waals surface area contributed by atoms with Crippen LogP contribution in [0.25, 0.3) is 0 Å². The molecule has 2 nitrogen and oxygen atoms in total. The van der Waals surface area contributed by atoms with Crippen molar-refractivity contribution in [2.24, 2.45) is 0 Å². The summed E-state index contributed by atoms with van der Waals surface area (Å²) < 4.78 is 0. The zero-order valence-electron chi connectivity index (χ0n) is 12.1. The Morgan fingerprint density at radius 1 is 1.20 bits per heavy atom. The summed E-state index contributed by atoms with van der Waals surface area (Å²) in [4.78, 5) is 4.15. The molecule has 1 N–H and O–H groups in total. The molecule has 1 unspecified atom stereocenters. The number of hydrogen-bond donors (Lipinski definition) is 1. The van der Waals surface area contributed by atoms with E-state index in [1.165, 1.54) is 30.4 Å². The van der Waals surface area contributed by atoms with Crippen LogP contribution in [0.5, 0.6) is 0 Å². The van der Waals surface area contributed by atoms with Gasteiger partial charge in [0.2, 0.25) is 0 Å². The number of nitrogens with one attached hydrogen (secondary N) is 1. The number of benzene rings is 1. The average Bonchev–Trinajstić information content (AvgIpc) is 2.95. The largest absolute Gasteiger partial charge is 0.310 e. The predicted octanol–water partition coefficient (Wildman–Crippen LogP) is 3.46. The fourth-order valence-electron chi connectivity index (χ4n) is 2.96. The molecule has 1 heterocycles. The first-order valence-corrected chi connectivity index (χ1v) is 7.57. The summed E-state index contributed by atoms with van der Waals surface area (Å²) in [6.07, 6.45) is 8.64. The van der Waals surface area contributed by atoms with Crippen LogP contribution in [0.2, 0.25) is 0 Å². The molecule has 3 rings (SSSR count). The summed E-state index contributed by atoms with van der Waals surface area (Å²) in [6, 6.07) is 11.5. The lowest BCUT2D eigenvalue weighted by Gasteiger charge is -2.15. The van der Waals surface area contributed by atoms with Crippen molar-refractivity contribution in [3.8, 4) is 0 Å². The third-order valence-electron chi connectivity index (χ3n) is 4.21. The SMILES string of the molecule is CC(NCCc1cccnc1)c1ccc2c(c1)CCC2. The van der Waals surface area contributed by atoms with Gasteiger partial charge in [0.1, 0.15) is 0 Å². The van der Waals surface area contributed by atoms with Gasteiger partial charge in [-0.15, -0.1) is 0 Å². The summed E-state index contributed by atoms with van der Waals surface area (Å²) in [5.74, 6) is 0. The Morgan fingerprint density at radius 2 is 2.10 bits per heavy atom. The van der Waals surface area contributed by atoms with Gasteiger partial charge >= 0.3 is 0 Å². The number of aromatic nitrogens is 1. The second-order valence-electron chi connectivity index (χ2n) is 5.67. The summed E-state index contributed by atoms with van der Waals surface area (Å²) in [6.45, 7) is 3.24. The lowest BCUT2D eigenvalue weighted by molar-refractivity contribution is 0.576. The van der Waals surface area contributed by atoms with E-state index in [2.05, 4.69) is 41.5 Å². The summed E-state index contributed by atoms with van der Waals surface area (Å²) >= 11 is 0. The fraction of sp³-hybridized carbons (Fsp3) is 0.389. The highest BCUT2D eigenvalue weighted by molar-refractivity contribution is 5.36. The molecule has 104 valence electrons. The summed E-state index contributed by atoms with van der Waals surface area (Å²) in [5.41, 5.74) is 5.82. The van der Waals surface area contributed by atoms with E-state index in [0.29, 0.717) is 6.04 Å². The van der Waals surface area contributed by atoms with Crippen LogP contribution in [0, 0.1) is 0 Å². The van der Waals surface area contributed by atoms with E-state index < -0.39 is 0 Å². The van der Waals surface area contributed by atoms with E-state index in [1.807, 2.05) is 18.5 Å². The Bertz CT molecular complexity index is 563. The Labute approximate surface area is 121 Å². The van der Waals surface area contributed by atoms with Gasteiger partial charge in [-0.05, 0) is 67.5 Å². The zero-order valence-corrected chi connectivity index (χ0v) is 12.1. The highest BCUT2D eigenvalue weighted by Crippen LogP contribution is 2.25. The minimum atomic E-state index is 0.414. The van der Waals surface area contributed by atoms with Crippen LogP contribution in [0.1, 0.15) is 41.6 Å². The second-order valence-corrected chi connectivity index (χ2v) is 5.67. The molecule has 1 aliphatic carbocycles. The van der Waals surface area contributed by atoms with E-state index in [-0.39, 0.29) is 0 Å². The maximum atomic E-state index is 4.15. The standard InChI is InChI=1S/C18H22N2/c1-14(20-11-9-15-4-3-10-19-13-15)17-8-7-16-5-2-6-18(16)12-17/h3-4,7-8,10,12-14,20H,2,5-6,9,11H2,1H3. The first kappa shape index (κ1) is 13.3. The highest BCUT2D eigenvalue weighted by atomic mass is 14.9. The van der Waals surface area contributed by atoms with Gasteiger partial charge in [0.15, 0.2) is 0 Å². The predicted molar refractivity (Wildman–Crippen MR) is 82.8 cm³/mol. The lowest BCUT2D eigenvalue weighted by atomic mass is 10.0. The van der Waals surface area contributed by atoms with Crippen LogP contribution in [-0.2, 0) is 19.3 Å². The van der Waals surface area contributed by atoms with Gasteiger partial charge in [-0.2, -0.15) is 0 Å². The smallest absolute Gasteiger partial charge is 0.0300 e. The fourth-order valence-corrected chi connectivity index (χ4v) is 2.96. The molecule has 0 saturated carbocycles. The van der Waals surface area contributed by atoms with Crippen molar-refractivity contribution < 1.29 is 0 Å². The number of hydrogen-bond acceptors (Lipinski definition) is 2. The van der Waals surface area contributed by atoms with Gasteiger partial charge in [-0.3, -0.25) is 4.98 Å². The third kappa shape index (κ3) is 3.07. The minimum absolute atomic E-state index is 0.414. The molecule has 0 bridgehead atoms. The Kier molecular flexibility index (Phi) is 4.12. The van der Waals surface area contributed by atoms with Crippen LogP contribution in [0.4, 0.5) is 0 Å². The van der Waals surface area contributed by atoms with Crippen LogP contribution >= 0.6 is 0 Å². The van der Waals surface area contributed by atoms with Crippen molar-refractivity contribution in [3.63, 3.8) is 0 Å². The average molecular weight is 266 g/mol. The molecule has 2 aromatic rings. The van der Waals surface area contributed by atoms with Crippen LogP contribution in [0.15, 0.2) is 42.7 Å². The number of aryl methyl sites for hydroxylation is 2. The van der Waals surface area contributed by atoms with Crippen molar-refractivity contribution in [3.05, 3.63) is 65.0 Å². The molecular formula is C18H22N2. The minimum Gasteiger partial charge on any atom is -0.310 e. The molecule has 20 heavy (non-hydrogen) atoms. The van der Waals surface area contributed by atoms with Gasteiger partial charge in [0.05, 0.1) is 0 Å². The van der Waals surface area contributed by atoms with Gasteiger partial charge in [-0.1, -0.05) is 24.3 Å². The normalized spacial score (nSPS) is 15.1. The Balaban J connectivity index is 1.55. The van der Waals surface area contributed by atoms with Gasteiger partial charge < -0.3 is 5.32 Å². The maximum Gasteiger partial charge on any atom is 0.0300 e. The monoisotopic (exact) mass is 266 g/mol. The molecule has 0 aliphatic heterocycles. The molecule has 1 aromatic carbocycles. The molecule has 0 spiro atoms. The van der Waals surface area contributed by atoms with Gasteiger partial charge in [-0.25, -0.2) is 0 Å². The third-order valence-corrected chi connectivity index (χ3v) is 4.21. The molecule has 1 aliphatic rings. The van der Waals surface area contributed by atoms with E-state index in [4.69, 9.17) is 0 Å². The number of rotatable bonds is 5. The van der Waals surface area contributed by atoms with E-state index >= 15 is 0 Å². The molecule has 1 atom stereocenters. The van der Waals surface area contributed by atoms with Crippen molar-refractivity contribution in [2.45, 2.75) is 38.6 Å². The second kappa shape index (κ2) is 6.19. The molecule has 0 radical (unpaired) electrons. The maximum absolute atomic E-state index is 4.15. The van der Waals surface area contributed by atoms with Gasteiger partial charge in [0, 0.05) is 18.4 Å². The molecule has 0 amide bonds. The van der Waals surface area contributed by atoms with Crippen molar-refractivity contribution in [2.75, 3.05) is 6.54 Å². The van der Waals surface area contributed by atoms with Crippen molar-refractivity contribution in [1.82, 2.24) is 10.3 Å². The molecule has 2 heteroatoms. The molecular weight excluding hydrogens is 244 g/mol. The molecule has 1 aromatic heterocycles. The lowest BCUT2D eigenvalue weighted by Crippen LogP contribution is -2.21. The molecule has 0 fully saturated rings. The van der Waals surface area contributed by atoms with E-state index in [1.54, 1.807) is 11.1 Å². The van der Waals surface area contributed by atoms with Crippen LogP contribution in [0.3, 0.4) is 0 Å². The van der Waals surface area contributed by atoms with E-state index in [9.17, 15) is 0 Å². The molecule has 0 saturated heterocycles. The number of fused-ring (bicyclic) bond motifs is 1. The summed E-state index contributed by atoms with van der Waals surface area (Å²) in [5, 5.41) is 3.61. The number of nitrogens with zero attached hydrogens (tertiary/aromatic N) is 1. The van der Waals surface area contributed by atoms with Crippen LogP contribution in [-0.4, -0.2) is 11.5 Å². The highest BCUT2D eigenvalue weighted by Gasteiger charge is 2.13. The van der Waals surface area contributed by atoms with Crippen molar-refractivity contribution >= 4 is 0 Å². The Morgan fingerprint density at radius 3 is 2.95 bits per heavy atom.